The summed E-state index contributed by atoms with van der Waals surface area (Å²) in [5.74, 6) is 0. The van der Waals surface area contributed by atoms with Gasteiger partial charge in [-0.1, -0.05) is 267 Å². The number of para-hydroxylation sites is 4. The fourth-order valence-electron chi connectivity index (χ4n) is 19.7. The molecule has 0 amide bonds. The second-order valence-electron chi connectivity index (χ2n) is 28.9. The van der Waals surface area contributed by atoms with Crippen LogP contribution in [-0.2, 0) is 10.8 Å². The lowest BCUT2D eigenvalue weighted by Gasteiger charge is -2.33. The molecular weight excluding hydrogens is 1270 g/mol. The summed E-state index contributed by atoms with van der Waals surface area (Å²) < 4.78 is 2.46. The van der Waals surface area contributed by atoms with Gasteiger partial charge in [0.15, 0.2) is 0 Å². The van der Waals surface area contributed by atoms with Crippen LogP contribution in [0.3, 0.4) is 0 Å². The number of aromatic nitrogens is 1. The van der Waals surface area contributed by atoms with Gasteiger partial charge in [0.2, 0.25) is 0 Å². The van der Waals surface area contributed by atoms with Crippen molar-refractivity contribution in [3.63, 3.8) is 0 Å². The number of fused-ring (bicyclic) bond motifs is 30. The Labute approximate surface area is 608 Å². The third kappa shape index (κ3) is 7.93. The number of hydrogen-bond donors (Lipinski definition) is 0. The Morgan fingerprint density at radius 3 is 1.29 bits per heavy atom. The summed E-state index contributed by atoms with van der Waals surface area (Å²) in [6, 6.07) is 144. The molecule has 2 spiro atoms. The van der Waals surface area contributed by atoms with E-state index in [0.717, 1.165) is 50.8 Å². The zero-order valence-electron chi connectivity index (χ0n) is 57.2. The molecule has 0 bridgehead atoms. The largest absolute Gasteiger partial charge is 0.310 e. The van der Waals surface area contributed by atoms with E-state index in [-0.39, 0.29) is 0 Å². The van der Waals surface area contributed by atoms with Crippen molar-refractivity contribution in [3.05, 3.63) is 427 Å². The van der Waals surface area contributed by atoms with Crippen LogP contribution in [0.5, 0.6) is 0 Å². The van der Waals surface area contributed by atoms with Gasteiger partial charge in [0, 0.05) is 50.3 Å². The molecule has 1 heterocycles. The molecule has 4 aliphatic carbocycles. The number of anilines is 6. The molecule has 0 saturated heterocycles. The minimum absolute atomic E-state index is 0.536. The first-order chi connectivity index (χ1) is 52.1. The van der Waals surface area contributed by atoms with Crippen LogP contribution < -0.4 is 9.80 Å². The molecular formula is C102H63N3. The van der Waals surface area contributed by atoms with Crippen LogP contribution in [-0.4, -0.2) is 4.57 Å². The molecule has 0 aliphatic heterocycles. The van der Waals surface area contributed by atoms with E-state index in [2.05, 4.69) is 397 Å². The maximum atomic E-state index is 2.58. The lowest BCUT2D eigenvalue weighted by Crippen LogP contribution is -2.26. The number of hydrogen-bond acceptors (Lipinski definition) is 2. The minimum atomic E-state index is -0.578. The maximum Gasteiger partial charge on any atom is 0.0726 e. The van der Waals surface area contributed by atoms with Crippen molar-refractivity contribution in [2.45, 2.75) is 10.8 Å². The SMILES string of the molecule is c1ccc(N(c2ccccc2)c2ccc3cc4c(cc3c2)C2(c3ccccc3-c3ccccc32)c2ccc3cc(-c5ccc6c(c5)c5cc(N(c7ccccc7)c7cc8c(c9ccccc79)-c7c(ccc9ccccc79)C87c8ccccc8-c8ccccc87)ccc5n6-c5ccccc5)ccc3c2-4)cc1. The molecule has 23 rings (SSSR count). The van der Waals surface area contributed by atoms with Gasteiger partial charge in [0.25, 0.3) is 0 Å². The lowest BCUT2D eigenvalue weighted by molar-refractivity contribution is 0.795. The number of rotatable bonds is 8. The molecule has 3 nitrogen and oxygen atoms in total. The van der Waals surface area contributed by atoms with E-state index in [4.69, 9.17) is 0 Å². The van der Waals surface area contributed by atoms with Gasteiger partial charge in [-0.25, -0.2) is 0 Å². The van der Waals surface area contributed by atoms with Crippen molar-refractivity contribution in [1.82, 2.24) is 4.57 Å². The van der Waals surface area contributed by atoms with Gasteiger partial charge < -0.3 is 14.4 Å². The number of nitrogens with zero attached hydrogens (tertiary/aromatic N) is 3. The van der Waals surface area contributed by atoms with Gasteiger partial charge in [-0.2, -0.15) is 0 Å². The lowest BCUT2D eigenvalue weighted by atomic mass is 9.70. The van der Waals surface area contributed by atoms with Gasteiger partial charge >= 0.3 is 0 Å². The van der Waals surface area contributed by atoms with Gasteiger partial charge in [-0.05, 0) is 253 Å². The molecule has 0 N–H and O–H groups in total. The highest BCUT2D eigenvalue weighted by molar-refractivity contribution is 6.19. The topological polar surface area (TPSA) is 11.4 Å². The van der Waals surface area contributed by atoms with Crippen LogP contribution in [0.2, 0.25) is 0 Å². The fraction of sp³-hybridized carbons (Fsp3) is 0.0196. The molecule has 0 radical (unpaired) electrons. The summed E-state index contributed by atoms with van der Waals surface area (Å²) in [4.78, 5) is 4.91. The van der Waals surface area contributed by atoms with E-state index in [9.17, 15) is 0 Å². The van der Waals surface area contributed by atoms with Crippen LogP contribution in [0.1, 0.15) is 44.5 Å². The van der Waals surface area contributed by atoms with E-state index in [1.54, 1.807) is 0 Å². The quantitative estimate of drug-likeness (QED) is 0.150. The molecule has 1 aromatic heterocycles. The molecule has 0 unspecified atom stereocenters. The van der Waals surface area contributed by atoms with Gasteiger partial charge in [0.1, 0.15) is 0 Å². The van der Waals surface area contributed by atoms with Crippen molar-refractivity contribution in [3.8, 4) is 61.3 Å². The van der Waals surface area contributed by atoms with Crippen molar-refractivity contribution in [1.29, 1.82) is 0 Å². The standard InChI is InChI=1S/C102H63N3/c1-5-26-70(27-6-1)103(71-28-7-2-8-29-71)74-50-45-67-60-86-93(61-69(67)58-74)101(87-41-21-17-35-78(87)79-36-18-22-42-88(79)101)91-54-48-68-57-65(46-52-77(68)98(86)91)66-49-55-95-84(59-66)85-62-75(51-56-96(85)105(95)73-32-11-4-12-33-73)104(72-30-9-3-10-31-72)97-63-94-100(83-40-16-15-39-82(83)97)99-76-34-14-13-25-64(76)47-53-92(99)102(94)89-43-23-19-37-80(89)81-38-20-24-44-90(81)102/h1-63H. The highest BCUT2D eigenvalue weighted by Crippen LogP contribution is 2.68. The first kappa shape index (κ1) is 58.1. The Hall–Kier alpha value is -13.6. The molecule has 18 aromatic carbocycles. The van der Waals surface area contributed by atoms with Crippen LogP contribution in [0.4, 0.5) is 34.1 Å². The first-order valence-electron chi connectivity index (χ1n) is 36.6. The van der Waals surface area contributed by atoms with E-state index in [1.165, 1.54) is 154 Å². The normalized spacial score (nSPS) is 13.5. The summed E-state index contributed by atoms with van der Waals surface area (Å²) in [5, 5.41) is 12.2. The Morgan fingerprint density at radius 2 is 0.648 bits per heavy atom. The van der Waals surface area contributed by atoms with Crippen LogP contribution in [0.15, 0.2) is 382 Å². The molecule has 486 valence electrons. The van der Waals surface area contributed by atoms with E-state index in [1.807, 2.05) is 0 Å². The molecule has 3 heteroatoms. The van der Waals surface area contributed by atoms with Crippen LogP contribution >= 0.6 is 0 Å². The Balaban J connectivity index is 0.716. The Bertz CT molecular complexity index is 6780. The van der Waals surface area contributed by atoms with Crippen molar-refractivity contribution in [2.24, 2.45) is 0 Å². The fourth-order valence-corrected chi connectivity index (χ4v) is 19.7. The molecule has 4 aliphatic rings. The predicted molar refractivity (Wildman–Crippen MR) is 438 cm³/mol. The maximum absolute atomic E-state index is 2.58. The summed E-state index contributed by atoms with van der Waals surface area (Å²) >= 11 is 0. The average molecular weight is 1330 g/mol. The van der Waals surface area contributed by atoms with Crippen LogP contribution in [0.25, 0.3) is 126 Å². The average Bonchev–Trinajstić information content (AvgIpc) is 1.51. The van der Waals surface area contributed by atoms with Crippen molar-refractivity contribution >= 4 is 99.0 Å². The molecule has 0 fully saturated rings. The van der Waals surface area contributed by atoms with E-state index in [0.29, 0.717) is 0 Å². The summed E-state index contributed by atoms with van der Waals surface area (Å²) in [7, 11) is 0. The van der Waals surface area contributed by atoms with Gasteiger partial charge in [0.05, 0.1) is 27.6 Å². The molecule has 0 saturated carbocycles. The van der Waals surface area contributed by atoms with E-state index < -0.39 is 10.8 Å². The van der Waals surface area contributed by atoms with Crippen LogP contribution in [0, 0.1) is 0 Å². The molecule has 0 atom stereocenters. The first-order valence-corrected chi connectivity index (χ1v) is 36.6. The molecule has 19 aromatic rings. The predicted octanol–water partition coefficient (Wildman–Crippen LogP) is 26.7. The monoisotopic (exact) mass is 1330 g/mol. The summed E-state index contributed by atoms with van der Waals surface area (Å²) in [6.45, 7) is 0. The Morgan fingerprint density at radius 1 is 0.200 bits per heavy atom. The molecule has 105 heavy (non-hydrogen) atoms. The zero-order valence-corrected chi connectivity index (χ0v) is 57.2. The highest BCUT2D eigenvalue weighted by Gasteiger charge is 2.54. The third-order valence-corrected chi connectivity index (χ3v) is 23.9. The highest BCUT2D eigenvalue weighted by atomic mass is 15.2. The summed E-state index contributed by atoms with van der Waals surface area (Å²) in [6.07, 6.45) is 0. The van der Waals surface area contributed by atoms with Gasteiger partial charge in [-0.15, -0.1) is 0 Å². The Kier molecular flexibility index (Phi) is 12.1. The smallest absolute Gasteiger partial charge is 0.0726 e. The second kappa shape index (κ2) is 22.0. The minimum Gasteiger partial charge on any atom is -0.310 e. The van der Waals surface area contributed by atoms with Crippen molar-refractivity contribution in [2.75, 3.05) is 9.80 Å². The van der Waals surface area contributed by atoms with E-state index >= 15 is 0 Å². The van der Waals surface area contributed by atoms with Crippen molar-refractivity contribution < 1.29 is 0 Å². The second-order valence-corrected chi connectivity index (χ2v) is 28.9. The number of benzene rings is 18. The summed E-state index contributed by atoms with van der Waals surface area (Å²) in [5.41, 5.74) is 32.3. The third-order valence-electron chi connectivity index (χ3n) is 23.9. The van der Waals surface area contributed by atoms with Gasteiger partial charge in [-0.3, -0.25) is 0 Å². The zero-order chi connectivity index (χ0) is 68.6.